The van der Waals surface area contributed by atoms with Gasteiger partial charge in [0.1, 0.15) is 0 Å². The molecule has 0 aliphatic carbocycles. The number of benzene rings is 3. The highest BCUT2D eigenvalue weighted by atomic mass is 32.2. The molecule has 1 nitrogen and oxygen atoms in total. The average molecular weight is 333 g/mol. The summed E-state index contributed by atoms with van der Waals surface area (Å²) >= 11 is 1.52. The summed E-state index contributed by atoms with van der Waals surface area (Å²) in [5.41, 5.74) is 1.07. The van der Waals surface area contributed by atoms with Crippen LogP contribution in [0, 0.1) is 0 Å². The molecule has 0 amide bonds. The number of hydrogen-bond donors (Lipinski definition) is 1. The van der Waals surface area contributed by atoms with E-state index in [4.69, 9.17) is 0 Å². The Kier molecular flexibility index (Phi) is 4.33. The van der Waals surface area contributed by atoms with Crippen LogP contribution in [0.5, 0.6) is 0 Å². The second-order valence-electron chi connectivity index (χ2n) is 5.07. The van der Waals surface area contributed by atoms with E-state index in [9.17, 15) is 13.2 Å². The Morgan fingerprint density at radius 3 is 2.30 bits per heavy atom. The highest BCUT2D eigenvalue weighted by molar-refractivity contribution is 7.97. The summed E-state index contributed by atoms with van der Waals surface area (Å²) < 4.78 is 41.1. The lowest BCUT2D eigenvalue weighted by atomic mass is 9.97. The smallest absolute Gasteiger partial charge is 0.263 e. The zero-order chi connectivity index (χ0) is 16.4. The second-order valence-corrected chi connectivity index (χ2v) is 6.15. The van der Waals surface area contributed by atoms with Crippen LogP contribution in [-0.4, -0.2) is 7.05 Å². The molecule has 0 radical (unpaired) electrons. The van der Waals surface area contributed by atoms with Crippen molar-refractivity contribution in [1.82, 2.24) is 4.72 Å². The number of fused-ring (bicyclic) bond motifs is 1. The third kappa shape index (κ3) is 3.35. The Labute approximate surface area is 136 Å². The molecular formula is C18H14F3NS. The monoisotopic (exact) mass is 333 g/mol. The summed E-state index contributed by atoms with van der Waals surface area (Å²) in [7, 11) is 1.85. The van der Waals surface area contributed by atoms with Crippen molar-refractivity contribution in [2.45, 2.75) is 11.1 Å². The molecule has 0 saturated carbocycles. The fourth-order valence-electron chi connectivity index (χ4n) is 2.53. The van der Waals surface area contributed by atoms with Crippen LogP contribution < -0.4 is 4.72 Å². The SMILES string of the molecule is CNSc1ccc2c(-c3ccc(C(F)(F)F)cc3)cccc2c1. The van der Waals surface area contributed by atoms with Gasteiger partial charge in [0, 0.05) is 4.90 Å². The van der Waals surface area contributed by atoms with E-state index in [-0.39, 0.29) is 0 Å². The number of hydrogen-bond acceptors (Lipinski definition) is 2. The van der Waals surface area contributed by atoms with Crippen molar-refractivity contribution < 1.29 is 13.2 Å². The third-order valence-corrected chi connectivity index (χ3v) is 4.29. The average Bonchev–Trinajstić information content (AvgIpc) is 2.54. The first-order valence-corrected chi connectivity index (χ1v) is 7.85. The summed E-state index contributed by atoms with van der Waals surface area (Å²) in [6.07, 6.45) is -4.31. The molecule has 0 fully saturated rings. The minimum atomic E-state index is -4.31. The van der Waals surface area contributed by atoms with Crippen molar-refractivity contribution in [3.63, 3.8) is 0 Å². The molecule has 0 spiro atoms. The Balaban J connectivity index is 2.06. The van der Waals surface area contributed by atoms with Crippen LogP contribution in [0.15, 0.2) is 65.6 Å². The number of rotatable bonds is 3. The molecule has 0 atom stereocenters. The first-order chi connectivity index (χ1) is 11.0. The molecule has 5 heteroatoms. The van der Waals surface area contributed by atoms with Gasteiger partial charge in [0.25, 0.3) is 0 Å². The van der Waals surface area contributed by atoms with Crippen LogP contribution in [0.25, 0.3) is 21.9 Å². The minimum absolute atomic E-state index is 0.630. The van der Waals surface area contributed by atoms with Gasteiger partial charge in [-0.1, -0.05) is 36.4 Å². The molecule has 23 heavy (non-hydrogen) atoms. The van der Waals surface area contributed by atoms with Crippen LogP contribution in [0.2, 0.25) is 0 Å². The maximum absolute atomic E-state index is 12.7. The lowest BCUT2D eigenvalue weighted by Crippen LogP contribution is -2.03. The highest BCUT2D eigenvalue weighted by Crippen LogP contribution is 2.34. The molecular weight excluding hydrogens is 319 g/mol. The summed E-state index contributed by atoms with van der Waals surface area (Å²) in [4.78, 5) is 1.09. The van der Waals surface area contributed by atoms with E-state index in [0.29, 0.717) is 0 Å². The normalized spacial score (nSPS) is 11.8. The van der Waals surface area contributed by atoms with E-state index < -0.39 is 11.7 Å². The lowest BCUT2D eigenvalue weighted by molar-refractivity contribution is -0.137. The fourth-order valence-corrected chi connectivity index (χ4v) is 3.09. The Hall–Kier alpha value is -1.98. The Bertz CT molecular complexity index is 826. The van der Waals surface area contributed by atoms with Crippen molar-refractivity contribution in [3.05, 3.63) is 66.2 Å². The molecule has 0 heterocycles. The van der Waals surface area contributed by atoms with E-state index >= 15 is 0 Å². The topological polar surface area (TPSA) is 12.0 Å². The van der Waals surface area contributed by atoms with Gasteiger partial charge in [-0.3, -0.25) is 4.72 Å². The number of halogens is 3. The maximum atomic E-state index is 12.7. The zero-order valence-electron chi connectivity index (χ0n) is 12.3. The first-order valence-electron chi connectivity index (χ1n) is 7.03. The summed E-state index contributed by atoms with van der Waals surface area (Å²) in [6.45, 7) is 0. The fraction of sp³-hybridized carbons (Fsp3) is 0.111. The van der Waals surface area contributed by atoms with Crippen LogP contribution in [-0.2, 0) is 6.18 Å². The number of alkyl halides is 3. The van der Waals surface area contributed by atoms with E-state index in [0.717, 1.165) is 38.9 Å². The summed E-state index contributed by atoms with van der Waals surface area (Å²) in [5.74, 6) is 0. The van der Waals surface area contributed by atoms with Gasteiger partial charge in [-0.15, -0.1) is 0 Å². The molecule has 0 bridgehead atoms. The van der Waals surface area contributed by atoms with Crippen molar-refractivity contribution >= 4 is 22.7 Å². The van der Waals surface area contributed by atoms with E-state index in [2.05, 4.69) is 10.8 Å². The van der Waals surface area contributed by atoms with Crippen molar-refractivity contribution in [1.29, 1.82) is 0 Å². The van der Waals surface area contributed by atoms with Gasteiger partial charge >= 0.3 is 6.18 Å². The highest BCUT2D eigenvalue weighted by Gasteiger charge is 2.29. The quantitative estimate of drug-likeness (QED) is 0.612. The Morgan fingerprint density at radius 2 is 1.65 bits per heavy atom. The van der Waals surface area contributed by atoms with Crippen molar-refractivity contribution in [3.8, 4) is 11.1 Å². The van der Waals surface area contributed by atoms with Crippen LogP contribution in [0.1, 0.15) is 5.56 Å². The van der Waals surface area contributed by atoms with Crippen LogP contribution in [0.4, 0.5) is 13.2 Å². The van der Waals surface area contributed by atoms with E-state index in [1.807, 2.05) is 37.4 Å². The van der Waals surface area contributed by atoms with Gasteiger partial charge in [0.05, 0.1) is 5.56 Å². The first kappa shape index (κ1) is 15.9. The third-order valence-electron chi connectivity index (χ3n) is 3.60. The van der Waals surface area contributed by atoms with E-state index in [1.165, 1.54) is 24.1 Å². The van der Waals surface area contributed by atoms with Gasteiger partial charge in [0.2, 0.25) is 0 Å². The molecule has 3 aromatic rings. The standard InChI is InChI=1S/C18H14F3NS/c1-22-23-15-9-10-17-13(11-15)3-2-4-16(17)12-5-7-14(8-6-12)18(19,20)21/h2-11,22H,1H3. The maximum Gasteiger partial charge on any atom is 0.416 e. The molecule has 0 unspecified atom stereocenters. The van der Waals surface area contributed by atoms with Crippen molar-refractivity contribution in [2.24, 2.45) is 0 Å². The zero-order valence-corrected chi connectivity index (χ0v) is 13.1. The van der Waals surface area contributed by atoms with Crippen molar-refractivity contribution in [2.75, 3.05) is 7.05 Å². The largest absolute Gasteiger partial charge is 0.416 e. The van der Waals surface area contributed by atoms with Crippen LogP contribution >= 0.6 is 11.9 Å². The molecule has 0 saturated heterocycles. The van der Waals surface area contributed by atoms with Gasteiger partial charge in [-0.25, -0.2) is 0 Å². The molecule has 1 N–H and O–H groups in total. The van der Waals surface area contributed by atoms with Gasteiger partial charge in [-0.2, -0.15) is 13.2 Å². The minimum Gasteiger partial charge on any atom is -0.263 e. The molecule has 0 aliphatic rings. The molecule has 3 rings (SSSR count). The lowest BCUT2D eigenvalue weighted by Gasteiger charge is -2.10. The van der Waals surface area contributed by atoms with E-state index in [1.54, 1.807) is 0 Å². The molecule has 0 aromatic heterocycles. The number of nitrogens with one attached hydrogen (secondary N) is 1. The molecule has 3 aromatic carbocycles. The van der Waals surface area contributed by atoms with Gasteiger partial charge in [0.15, 0.2) is 0 Å². The molecule has 0 aliphatic heterocycles. The summed E-state index contributed by atoms with van der Waals surface area (Å²) in [6, 6.07) is 17.2. The molecule has 118 valence electrons. The second kappa shape index (κ2) is 6.26. The van der Waals surface area contributed by atoms with Gasteiger partial charge < -0.3 is 0 Å². The van der Waals surface area contributed by atoms with Gasteiger partial charge in [-0.05, 0) is 65.2 Å². The van der Waals surface area contributed by atoms with Crippen LogP contribution in [0.3, 0.4) is 0 Å². The summed E-state index contributed by atoms with van der Waals surface area (Å²) in [5, 5.41) is 2.08. The Morgan fingerprint density at radius 1 is 0.913 bits per heavy atom. The predicted octanol–water partition coefficient (Wildman–Crippen LogP) is 5.75. The predicted molar refractivity (Wildman–Crippen MR) is 89.3 cm³/mol.